The summed E-state index contributed by atoms with van der Waals surface area (Å²) in [7, 11) is 1.66. The van der Waals surface area contributed by atoms with Crippen molar-refractivity contribution in [2.45, 2.75) is 32.7 Å². The minimum atomic E-state index is -0.508. The summed E-state index contributed by atoms with van der Waals surface area (Å²) in [6.45, 7) is 7.56. The van der Waals surface area contributed by atoms with Gasteiger partial charge in [-0.2, -0.15) is 10.1 Å². The molecule has 0 unspecified atom stereocenters. The molecule has 1 atom stereocenters. The summed E-state index contributed by atoms with van der Waals surface area (Å²) in [6, 6.07) is 3.93. The number of hydrogen-bond donors (Lipinski definition) is 1. The maximum absolute atomic E-state index is 5.62. The van der Waals surface area contributed by atoms with Crippen LogP contribution in [-0.4, -0.2) is 48.6 Å². The van der Waals surface area contributed by atoms with Gasteiger partial charge >= 0.3 is 0 Å². The Kier molecular flexibility index (Phi) is 5.95. The van der Waals surface area contributed by atoms with Crippen LogP contribution in [0.5, 0.6) is 0 Å². The molecule has 0 radical (unpaired) electrons. The fourth-order valence-electron chi connectivity index (χ4n) is 3.38. The first-order valence-electron chi connectivity index (χ1n) is 10.3. The standard InChI is InChI=1S/C22H26N8O2/c1-14(2)22(3,16-5-6-17(24-10-16)18-11-26-19(23)12-25-18)21-28-20(32-29-21)15-9-27-30(13-15)7-8-31-4/h5-6,9-14H,7-8H2,1-4H3,(H2,23,26)/t22-/m0/s1. The van der Waals surface area contributed by atoms with E-state index in [2.05, 4.69) is 46.0 Å². The molecule has 0 saturated heterocycles. The third kappa shape index (κ3) is 4.09. The normalized spacial score (nSPS) is 13.4. The molecule has 0 bridgehead atoms. The quantitative estimate of drug-likeness (QED) is 0.444. The van der Waals surface area contributed by atoms with Gasteiger partial charge in [0.1, 0.15) is 11.5 Å². The maximum atomic E-state index is 5.62. The number of anilines is 1. The van der Waals surface area contributed by atoms with E-state index in [9.17, 15) is 0 Å². The zero-order valence-electron chi connectivity index (χ0n) is 18.6. The second kappa shape index (κ2) is 8.83. The Labute approximate surface area is 185 Å². The average molecular weight is 435 g/mol. The number of pyridine rings is 1. The SMILES string of the molecule is COCCn1cc(-c2nc([C@](C)(c3ccc(-c4cnc(N)cn4)nc3)C(C)C)no2)cn1. The predicted octanol–water partition coefficient (Wildman–Crippen LogP) is 2.98. The van der Waals surface area contributed by atoms with Gasteiger partial charge in [-0.25, -0.2) is 9.97 Å². The van der Waals surface area contributed by atoms with E-state index in [4.69, 9.17) is 20.0 Å². The lowest BCUT2D eigenvalue weighted by molar-refractivity contribution is 0.183. The van der Waals surface area contributed by atoms with E-state index in [0.717, 1.165) is 11.1 Å². The highest BCUT2D eigenvalue weighted by atomic mass is 16.5. The minimum absolute atomic E-state index is 0.182. The fourth-order valence-corrected chi connectivity index (χ4v) is 3.38. The van der Waals surface area contributed by atoms with Crippen molar-refractivity contribution in [3.05, 3.63) is 54.5 Å². The average Bonchev–Trinajstić information content (AvgIpc) is 3.47. The van der Waals surface area contributed by atoms with Crippen molar-refractivity contribution in [2.75, 3.05) is 19.5 Å². The Morgan fingerprint density at radius 2 is 1.91 bits per heavy atom. The molecule has 4 rings (SSSR count). The smallest absolute Gasteiger partial charge is 0.261 e. The lowest BCUT2D eigenvalue weighted by atomic mass is 9.73. The van der Waals surface area contributed by atoms with Crippen LogP contribution in [0, 0.1) is 5.92 Å². The van der Waals surface area contributed by atoms with Gasteiger partial charge < -0.3 is 15.0 Å². The predicted molar refractivity (Wildman–Crippen MR) is 118 cm³/mol. The van der Waals surface area contributed by atoms with Gasteiger partial charge in [-0.3, -0.25) is 9.67 Å². The van der Waals surface area contributed by atoms with Crippen LogP contribution in [0.4, 0.5) is 5.82 Å². The van der Waals surface area contributed by atoms with Crippen LogP contribution in [0.2, 0.25) is 0 Å². The van der Waals surface area contributed by atoms with Gasteiger partial charge in [-0.05, 0) is 24.5 Å². The van der Waals surface area contributed by atoms with E-state index in [1.807, 2.05) is 24.5 Å². The van der Waals surface area contributed by atoms with Crippen LogP contribution in [0.25, 0.3) is 22.8 Å². The van der Waals surface area contributed by atoms with Gasteiger partial charge in [-0.1, -0.05) is 25.1 Å². The summed E-state index contributed by atoms with van der Waals surface area (Å²) >= 11 is 0. The zero-order chi connectivity index (χ0) is 22.7. The van der Waals surface area contributed by atoms with E-state index < -0.39 is 5.41 Å². The van der Waals surface area contributed by atoms with Gasteiger partial charge in [0, 0.05) is 19.5 Å². The van der Waals surface area contributed by atoms with E-state index in [1.54, 1.807) is 24.2 Å². The highest BCUT2D eigenvalue weighted by Crippen LogP contribution is 2.38. The lowest BCUT2D eigenvalue weighted by Gasteiger charge is -2.30. The fraction of sp³-hybridized carbons (Fsp3) is 0.364. The molecule has 32 heavy (non-hydrogen) atoms. The molecule has 0 amide bonds. The Morgan fingerprint density at radius 3 is 2.56 bits per heavy atom. The number of nitrogens with two attached hydrogens (primary N) is 1. The van der Waals surface area contributed by atoms with Crippen LogP contribution in [-0.2, 0) is 16.7 Å². The first kappa shape index (κ1) is 21.6. The van der Waals surface area contributed by atoms with Gasteiger partial charge in [0.2, 0.25) is 0 Å². The summed E-state index contributed by atoms with van der Waals surface area (Å²) in [6.07, 6.45) is 8.53. The largest absolute Gasteiger partial charge is 0.383 e. The number of nitrogens with zero attached hydrogens (tertiary/aromatic N) is 7. The van der Waals surface area contributed by atoms with E-state index in [0.29, 0.717) is 42.1 Å². The molecule has 4 aromatic rings. The molecule has 4 aromatic heterocycles. The van der Waals surface area contributed by atoms with Crippen LogP contribution >= 0.6 is 0 Å². The molecule has 0 fully saturated rings. The molecule has 0 spiro atoms. The molecule has 0 aliphatic rings. The summed E-state index contributed by atoms with van der Waals surface area (Å²) in [5.74, 6) is 1.57. The summed E-state index contributed by atoms with van der Waals surface area (Å²) < 4.78 is 12.5. The molecule has 0 aliphatic heterocycles. The van der Waals surface area contributed by atoms with Gasteiger partial charge in [-0.15, -0.1) is 0 Å². The third-order valence-electron chi connectivity index (χ3n) is 5.75. The number of hydrogen-bond acceptors (Lipinski definition) is 9. The van der Waals surface area contributed by atoms with Crippen molar-refractivity contribution in [3.8, 4) is 22.8 Å². The van der Waals surface area contributed by atoms with Crippen molar-refractivity contribution >= 4 is 5.82 Å². The first-order chi connectivity index (χ1) is 15.4. The first-order valence-corrected chi connectivity index (χ1v) is 10.3. The molecular weight excluding hydrogens is 408 g/mol. The van der Waals surface area contributed by atoms with E-state index in [-0.39, 0.29) is 5.92 Å². The maximum Gasteiger partial charge on any atom is 0.261 e. The van der Waals surface area contributed by atoms with Crippen LogP contribution < -0.4 is 5.73 Å². The molecule has 4 heterocycles. The summed E-state index contributed by atoms with van der Waals surface area (Å²) in [4.78, 5) is 17.7. The molecule has 0 saturated carbocycles. The molecule has 0 aliphatic carbocycles. The Balaban J connectivity index is 1.63. The van der Waals surface area contributed by atoms with Crippen LogP contribution in [0.3, 0.4) is 0 Å². The van der Waals surface area contributed by atoms with Crippen LogP contribution in [0.1, 0.15) is 32.2 Å². The third-order valence-corrected chi connectivity index (χ3v) is 5.75. The topological polar surface area (TPSA) is 131 Å². The molecule has 0 aromatic carbocycles. The molecule has 10 nitrogen and oxygen atoms in total. The highest BCUT2D eigenvalue weighted by Gasteiger charge is 2.38. The number of nitrogen functional groups attached to an aromatic ring is 1. The Bertz CT molecular complexity index is 1170. The lowest BCUT2D eigenvalue weighted by Crippen LogP contribution is -2.31. The number of methoxy groups -OCH3 is 1. The van der Waals surface area contributed by atoms with Gasteiger partial charge in [0.05, 0.1) is 48.4 Å². The van der Waals surface area contributed by atoms with Crippen molar-refractivity contribution in [1.82, 2.24) is 34.9 Å². The van der Waals surface area contributed by atoms with E-state index >= 15 is 0 Å². The molecular formula is C22H26N8O2. The molecule has 2 N–H and O–H groups in total. The van der Waals surface area contributed by atoms with E-state index in [1.165, 1.54) is 6.20 Å². The second-order valence-corrected chi connectivity index (χ2v) is 8.02. The van der Waals surface area contributed by atoms with Crippen LogP contribution in [0.15, 0.2) is 47.6 Å². The van der Waals surface area contributed by atoms with Crippen molar-refractivity contribution in [2.24, 2.45) is 5.92 Å². The highest BCUT2D eigenvalue weighted by molar-refractivity contribution is 5.54. The number of rotatable bonds is 8. The summed E-state index contributed by atoms with van der Waals surface area (Å²) in [5, 5.41) is 8.63. The Hall–Kier alpha value is -3.66. The number of ether oxygens (including phenoxy) is 1. The number of aromatic nitrogens is 7. The summed E-state index contributed by atoms with van der Waals surface area (Å²) in [5.41, 5.74) is 8.22. The molecule has 10 heteroatoms. The Morgan fingerprint density at radius 1 is 1.09 bits per heavy atom. The van der Waals surface area contributed by atoms with Crippen molar-refractivity contribution in [3.63, 3.8) is 0 Å². The zero-order valence-corrected chi connectivity index (χ0v) is 18.6. The second-order valence-electron chi connectivity index (χ2n) is 8.02. The minimum Gasteiger partial charge on any atom is -0.383 e. The molecule has 166 valence electrons. The van der Waals surface area contributed by atoms with Gasteiger partial charge in [0.25, 0.3) is 5.89 Å². The van der Waals surface area contributed by atoms with Crippen molar-refractivity contribution < 1.29 is 9.26 Å². The van der Waals surface area contributed by atoms with Gasteiger partial charge in [0.15, 0.2) is 5.82 Å². The monoisotopic (exact) mass is 434 g/mol. The van der Waals surface area contributed by atoms with Crippen molar-refractivity contribution in [1.29, 1.82) is 0 Å².